The molecule has 1 aromatic carbocycles. The molecule has 5 heteroatoms. The van der Waals surface area contributed by atoms with Gasteiger partial charge in [0.05, 0.1) is 18.9 Å². The van der Waals surface area contributed by atoms with Crippen LogP contribution in [0.15, 0.2) is 24.5 Å². The van der Waals surface area contributed by atoms with Gasteiger partial charge in [0.15, 0.2) is 0 Å². The molecule has 0 aliphatic carbocycles. The Morgan fingerprint density at radius 2 is 2.06 bits per heavy atom. The van der Waals surface area contributed by atoms with Crippen LogP contribution in [0.1, 0.15) is 15.9 Å². The zero-order valence-corrected chi connectivity index (χ0v) is 10.6. The maximum atomic E-state index is 11.6. The molecule has 1 aliphatic rings. The number of hydrogen-bond acceptors (Lipinski definition) is 3. The Kier molecular flexibility index (Phi) is 2.95. The van der Waals surface area contributed by atoms with Crippen LogP contribution in [0.4, 0.5) is 0 Å². The summed E-state index contributed by atoms with van der Waals surface area (Å²) in [5.74, 6) is -0.796. The highest BCUT2D eigenvalue weighted by Crippen LogP contribution is 2.28. The highest BCUT2D eigenvalue weighted by Gasteiger charge is 2.29. The third-order valence-electron chi connectivity index (χ3n) is 2.23. The minimum Gasteiger partial charge on any atom is -0.504 e. The standard InChI is InChI=1S/C11H8INO3/c1-16-5-7-9-6(3-2-4-8(9)12)10(14)13-11(7)15/h2-5H,1H3,(H,13,14,15). The Morgan fingerprint density at radius 1 is 1.31 bits per heavy atom. The summed E-state index contributed by atoms with van der Waals surface area (Å²) in [7, 11) is 1.46. The number of amides is 2. The lowest BCUT2D eigenvalue weighted by molar-refractivity contribution is -0.114. The van der Waals surface area contributed by atoms with Crippen LogP contribution in [0.3, 0.4) is 0 Å². The molecule has 1 N–H and O–H groups in total. The van der Waals surface area contributed by atoms with Gasteiger partial charge in [-0.2, -0.15) is 0 Å². The van der Waals surface area contributed by atoms with E-state index < -0.39 is 5.91 Å². The average Bonchev–Trinajstić information content (AvgIpc) is 2.24. The fourth-order valence-corrected chi connectivity index (χ4v) is 2.36. The summed E-state index contributed by atoms with van der Waals surface area (Å²) in [6.45, 7) is 0. The molecule has 4 nitrogen and oxygen atoms in total. The Hall–Kier alpha value is -1.37. The summed E-state index contributed by atoms with van der Waals surface area (Å²) in [6.07, 6.45) is 1.35. The molecule has 0 radical (unpaired) electrons. The van der Waals surface area contributed by atoms with Gasteiger partial charge in [-0.05, 0) is 34.7 Å². The van der Waals surface area contributed by atoms with Crippen molar-refractivity contribution in [3.8, 4) is 0 Å². The predicted molar refractivity (Wildman–Crippen MR) is 66.6 cm³/mol. The Labute approximate surface area is 106 Å². The number of carbonyl (C=O) groups is 2. The number of nitrogens with one attached hydrogen (secondary N) is 1. The molecule has 16 heavy (non-hydrogen) atoms. The lowest BCUT2D eigenvalue weighted by atomic mass is 9.96. The van der Waals surface area contributed by atoms with Gasteiger partial charge in [0.1, 0.15) is 0 Å². The van der Waals surface area contributed by atoms with Crippen LogP contribution in [-0.4, -0.2) is 18.9 Å². The summed E-state index contributed by atoms with van der Waals surface area (Å²) in [4.78, 5) is 23.2. The van der Waals surface area contributed by atoms with Crippen LogP contribution < -0.4 is 5.32 Å². The number of halogens is 1. The quantitative estimate of drug-likeness (QED) is 0.368. The fourth-order valence-electron chi connectivity index (χ4n) is 1.57. The van der Waals surface area contributed by atoms with E-state index in [2.05, 4.69) is 27.9 Å². The molecule has 0 unspecified atom stereocenters. The average molecular weight is 329 g/mol. The van der Waals surface area contributed by atoms with Crippen LogP contribution in [0, 0.1) is 3.57 Å². The third-order valence-corrected chi connectivity index (χ3v) is 3.13. The molecule has 82 valence electrons. The number of methoxy groups -OCH3 is 1. The largest absolute Gasteiger partial charge is 0.504 e. The highest BCUT2D eigenvalue weighted by atomic mass is 127. The highest BCUT2D eigenvalue weighted by molar-refractivity contribution is 14.1. The van der Waals surface area contributed by atoms with Gasteiger partial charge in [-0.3, -0.25) is 14.9 Å². The molecule has 0 aromatic heterocycles. The number of rotatable bonds is 1. The van der Waals surface area contributed by atoms with Gasteiger partial charge in [0, 0.05) is 14.7 Å². The predicted octanol–water partition coefficient (Wildman–Crippen LogP) is 1.55. The van der Waals surface area contributed by atoms with E-state index in [-0.39, 0.29) is 5.91 Å². The summed E-state index contributed by atoms with van der Waals surface area (Å²) in [6, 6.07) is 5.30. The van der Waals surface area contributed by atoms with Crippen molar-refractivity contribution in [2.45, 2.75) is 0 Å². The van der Waals surface area contributed by atoms with Crippen molar-refractivity contribution < 1.29 is 14.3 Å². The summed E-state index contributed by atoms with van der Waals surface area (Å²) in [5.41, 5.74) is 1.51. The molecule has 0 saturated heterocycles. The Bertz CT molecular complexity index is 508. The van der Waals surface area contributed by atoms with E-state index in [9.17, 15) is 9.59 Å². The number of imide groups is 1. The van der Waals surface area contributed by atoms with Crippen LogP contribution in [-0.2, 0) is 9.53 Å². The zero-order chi connectivity index (χ0) is 11.7. The normalized spacial score (nSPS) is 17.0. The second-order valence-corrected chi connectivity index (χ2v) is 4.38. The number of carbonyl (C=O) groups excluding carboxylic acids is 2. The minimum absolute atomic E-state index is 0.369. The third kappa shape index (κ3) is 1.71. The van der Waals surface area contributed by atoms with E-state index in [1.165, 1.54) is 13.4 Å². The van der Waals surface area contributed by atoms with E-state index in [0.717, 1.165) is 3.57 Å². The summed E-state index contributed by atoms with van der Waals surface area (Å²) in [5, 5.41) is 2.27. The van der Waals surface area contributed by atoms with Crippen LogP contribution in [0.5, 0.6) is 0 Å². The Morgan fingerprint density at radius 3 is 2.75 bits per heavy atom. The fraction of sp³-hybridized carbons (Fsp3) is 0.0909. The van der Waals surface area contributed by atoms with Crippen LogP contribution in [0.25, 0.3) is 5.57 Å². The lowest BCUT2D eigenvalue weighted by Gasteiger charge is -2.18. The second-order valence-electron chi connectivity index (χ2n) is 3.21. The van der Waals surface area contributed by atoms with Gasteiger partial charge in [-0.1, -0.05) is 6.07 Å². The SMILES string of the molecule is COC=C1C(=O)NC(=O)c2cccc(I)c21. The van der Waals surface area contributed by atoms with Crippen molar-refractivity contribution in [1.82, 2.24) is 5.32 Å². The van der Waals surface area contributed by atoms with Gasteiger partial charge < -0.3 is 4.74 Å². The summed E-state index contributed by atoms with van der Waals surface area (Å²) < 4.78 is 5.71. The molecule has 0 fully saturated rings. The molecular weight excluding hydrogens is 321 g/mol. The Balaban J connectivity index is 2.71. The van der Waals surface area contributed by atoms with Crippen molar-refractivity contribution >= 4 is 40.0 Å². The monoisotopic (exact) mass is 329 g/mol. The number of hydrogen-bond donors (Lipinski definition) is 1. The van der Waals surface area contributed by atoms with Crippen molar-refractivity contribution in [3.63, 3.8) is 0 Å². The maximum absolute atomic E-state index is 11.6. The number of benzene rings is 1. The van der Waals surface area contributed by atoms with Gasteiger partial charge in [-0.15, -0.1) is 0 Å². The molecule has 0 atom stereocenters. The molecule has 2 rings (SSSR count). The van der Waals surface area contributed by atoms with Gasteiger partial charge in [0.25, 0.3) is 11.8 Å². The molecule has 0 spiro atoms. The second kappa shape index (κ2) is 4.25. The molecule has 1 aliphatic heterocycles. The topological polar surface area (TPSA) is 55.4 Å². The molecule has 0 saturated carbocycles. The molecule has 1 heterocycles. The smallest absolute Gasteiger partial charge is 0.261 e. The first-order valence-electron chi connectivity index (χ1n) is 4.52. The van der Waals surface area contributed by atoms with Crippen LogP contribution in [0.2, 0.25) is 0 Å². The van der Waals surface area contributed by atoms with Crippen LogP contribution >= 0.6 is 22.6 Å². The maximum Gasteiger partial charge on any atom is 0.261 e. The molecular formula is C11H8INO3. The first-order chi connectivity index (χ1) is 7.65. The van der Waals surface area contributed by atoms with E-state index in [1.807, 2.05) is 6.07 Å². The van der Waals surface area contributed by atoms with E-state index in [0.29, 0.717) is 16.7 Å². The van der Waals surface area contributed by atoms with Crippen molar-refractivity contribution in [1.29, 1.82) is 0 Å². The number of fused-ring (bicyclic) bond motifs is 1. The van der Waals surface area contributed by atoms with E-state index in [4.69, 9.17) is 4.74 Å². The molecule has 0 bridgehead atoms. The van der Waals surface area contributed by atoms with Gasteiger partial charge in [-0.25, -0.2) is 0 Å². The summed E-state index contributed by atoms with van der Waals surface area (Å²) >= 11 is 2.09. The van der Waals surface area contributed by atoms with Gasteiger partial charge >= 0.3 is 0 Å². The molecule has 2 amide bonds. The van der Waals surface area contributed by atoms with E-state index in [1.54, 1.807) is 12.1 Å². The van der Waals surface area contributed by atoms with Crippen molar-refractivity contribution in [3.05, 3.63) is 39.2 Å². The van der Waals surface area contributed by atoms with Crippen molar-refractivity contribution in [2.24, 2.45) is 0 Å². The van der Waals surface area contributed by atoms with Gasteiger partial charge in [0.2, 0.25) is 0 Å². The first kappa shape index (κ1) is 11.1. The minimum atomic E-state index is -0.427. The van der Waals surface area contributed by atoms with Crippen molar-refractivity contribution in [2.75, 3.05) is 7.11 Å². The first-order valence-corrected chi connectivity index (χ1v) is 5.60. The number of ether oxygens (including phenoxy) is 1. The zero-order valence-electron chi connectivity index (χ0n) is 8.41. The van der Waals surface area contributed by atoms with E-state index >= 15 is 0 Å². The molecule has 1 aromatic rings. The lowest BCUT2D eigenvalue weighted by Crippen LogP contribution is -2.37.